The maximum Gasteiger partial charge on any atom is 0.312 e. The number of benzene rings is 1. The zero-order valence-corrected chi connectivity index (χ0v) is 17.5. The normalized spacial score (nSPS) is 19.2. The molecule has 0 saturated carbocycles. The number of ether oxygens (including phenoxy) is 1. The Hall–Kier alpha value is -1.49. The summed E-state index contributed by atoms with van der Waals surface area (Å²) < 4.78 is 33.0. The minimum Gasteiger partial charge on any atom is -0.378 e. The predicted octanol–water partition coefficient (Wildman–Crippen LogP) is 0.449. The summed E-state index contributed by atoms with van der Waals surface area (Å²) in [5, 5.41) is 0. The average molecular weight is 460 g/mol. The van der Waals surface area contributed by atoms with E-state index in [1.165, 1.54) is 14.1 Å². The van der Waals surface area contributed by atoms with E-state index in [0.29, 0.717) is 26.3 Å². The van der Waals surface area contributed by atoms with Gasteiger partial charge in [0.05, 0.1) is 18.1 Å². The van der Waals surface area contributed by atoms with Gasteiger partial charge >= 0.3 is 11.8 Å². The van der Waals surface area contributed by atoms with Crippen LogP contribution in [0.1, 0.15) is 5.56 Å². The number of nitrogens with zero attached hydrogens (tertiary/aromatic N) is 3. The first-order valence-electron chi connectivity index (χ1n) is 8.73. The molecule has 2 amide bonds. The number of carbonyl (C=O) groups is 2. The molecule has 3 rings (SSSR count). The van der Waals surface area contributed by atoms with Crippen LogP contribution in [0.3, 0.4) is 0 Å². The van der Waals surface area contributed by atoms with Crippen molar-refractivity contribution in [1.82, 2.24) is 14.1 Å². The fourth-order valence-corrected chi connectivity index (χ4v) is 4.85. The first-order chi connectivity index (χ1) is 12.8. The maximum atomic E-state index is 12.8. The first-order valence-corrected chi connectivity index (χ1v) is 11.0. The molecule has 2 fully saturated rings. The quantitative estimate of drug-likeness (QED) is 0.599. The second kappa shape index (κ2) is 8.26. The zero-order valence-electron chi connectivity index (χ0n) is 15.1. The van der Waals surface area contributed by atoms with E-state index in [1.54, 1.807) is 18.2 Å². The largest absolute Gasteiger partial charge is 0.378 e. The molecule has 2 aliphatic heterocycles. The molecule has 0 unspecified atom stereocenters. The molecule has 0 aliphatic carbocycles. The number of aryl methyl sites for hydroxylation is 1. The molecule has 8 nitrogen and oxygen atoms in total. The van der Waals surface area contributed by atoms with Crippen LogP contribution in [0.5, 0.6) is 0 Å². The number of sulfonamides is 1. The van der Waals surface area contributed by atoms with Crippen LogP contribution in [0.25, 0.3) is 0 Å². The van der Waals surface area contributed by atoms with E-state index < -0.39 is 21.8 Å². The van der Waals surface area contributed by atoms with Crippen LogP contribution in [0.2, 0.25) is 0 Å². The van der Waals surface area contributed by atoms with E-state index in [9.17, 15) is 18.0 Å². The van der Waals surface area contributed by atoms with E-state index in [0.717, 1.165) is 10.0 Å². The standard InChI is InChI=1S/C17H22BrN3O5S/c1-13-12-14(2-3-15(13)18)27(24,25)21-6-4-19(5-7-21)16(22)17(23)20-8-10-26-11-9-20/h2-3,12H,4-11H2,1H3. The molecule has 0 bridgehead atoms. The SMILES string of the molecule is Cc1cc(S(=O)(=O)N2CCN(C(=O)C(=O)N3CCOCC3)CC2)ccc1Br. The Morgan fingerprint density at radius 2 is 1.52 bits per heavy atom. The fourth-order valence-electron chi connectivity index (χ4n) is 3.10. The fraction of sp³-hybridized carbons (Fsp3) is 0.529. The van der Waals surface area contributed by atoms with Gasteiger partial charge in [-0.1, -0.05) is 15.9 Å². The summed E-state index contributed by atoms with van der Waals surface area (Å²) in [5.74, 6) is -1.12. The van der Waals surface area contributed by atoms with E-state index in [4.69, 9.17) is 4.74 Å². The van der Waals surface area contributed by atoms with Gasteiger partial charge in [-0.2, -0.15) is 4.31 Å². The zero-order chi connectivity index (χ0) is 19.6. The Labute approximate surface area is 167 Å². The highest BCUT2D eigenvalue weighted by Crippen LogP contribution is 2.23. The maximum absolute atomic E-state index is 12.8. The molecule has 1 aromatic carbocycles. The number of morpholine rings is 1. The van der Waals surface area contributed by atoms with Crippen LogP contribution in [0.4, 0.5) is 0 Å². The van der Waals surface area contributed by atoms with Crippen LogP contribution in [-0.4, -0.2) is 86.8 Å². The lowest BCUT2D eigenvalue weighted by Gasteiger charge is -2.35. The van der Waals surface area contributed by atoms with Gasteiger partial charge in [0, 0.05) is 43.7 Å². The molecule has 0 spiro atoms. The smallest absolute Gasteiger partial charge is 0.312 e. The highest BCUT2D eigenvalue weighted by molar-refractivity contribution is 9.10. The number of hydrogen-bond acceptors (Lipinski definition) is 5. The Balaban J connectivity index is 1.63. The molecular formula is C17H22BrN3O5S. The molecule has 27 heavy (non-hydrogen) atoms. The van der Waals surface area contributed by atoms with Gasteiger partial charge in [-0.15, -0.1) is 0 Å². The number of amides is 2. The van der Waals surface area contributed by atoms with Gasteiger partial charge in [0.15, 0.2) is 0 Å². The molecule has 10 heteroatoms. The van der Waals surface area contributed by atoms with Crippen molar-refractivity contribution in [2.24, 2.45) is 0 Å². The monoisotopic (exact) mass is 459 g/mol. The highest BCUT2D eigenvalue weighted by Gasteiger charge is 2.34. The van der Waals surface area contributed by atoms with E-state index in [2.05, 4.69) is 15.9 Å². The van der Waals surface area contributed by atoms with Crippen molar-refractivity contribution in [2.75, 3.05) is 52.5 Å². The van der Waals surface area contributed by atoms with Crippen molar-refractivity contribution in [2.45, 2.75) is 11.8 Å². The average Bonchev–Trinajstić information content (AvgIpc) is 2.69. The summed E-state index contributed by atoms with van der Waals surface area (Å²) in [6.07, 6.45) is 0. The van der Waals surface area contributed by atoms with Gasteiger partial charge in [-0.3, -0.25) is 9.59 Å². The second-order valence-electron chi connectivity index (χ2n) is 6.51. The molecule has 2 aliphatic rings. The lowest BCUT2D eigenvalue weighted by Crippen LogP contribution is -2.55. The van der Waals surface area contributed by atoms with Crippen molar-refractivity contribution < 1.29 is 22.7 Å². The summed E-state index contributed by atoms with van der Waals surface area (Å²) in [6.45, 7) is 4.22. The van der Waals surface area contributed by atoms with Crippen LogP contribution in [0, 0.1) is 6.92 Å². The number of piperazine rings is 1. The summed E-state index contributed by atoms with van der Waals surface area (Å²) >= 11 is 3.37. The molecule has 2 heterocycles. The van der Waals surface area contributed by atoms with Crippen molar-refractivity contribution in [1.29, 1.82) is 0 Å². The van der Waals surface area contributed by atoms with E-state index >= 15 is 0 Å². The van der Waals surface area contributed by atoms with Crippen LogP contribution >= 0.6 is 15.9 Å². The van der Waals surface area contributed by atoms with Gasteiger partial charge in [-0.25, -0.2) is 8.42 Å². The molecule has 1 aromatic rings. The van der Waals surface area contributed by atoms with Crippen molar-refractivity contribution in [3.63, 3.8) is 0 Å². The van der Waals surface area contributed by atoms with Crippen molar-refractivity contribution >= 4 is 37.8 Å². The first kappa shape index (κ1) is 20.2. The number of halogens is 1. The number of carbonyl (C=O) groups excluding carboxylic acids is 2. The molecule has 0 atom stereocenters. The molecule has 0 radical (unpaired) electrons. The Kier molecular flexibility index (Phi) is 6.19. The van der Waals surface area contributed by atoms with Crippen molar-refractivity contribution in [3.8, 4) is 0 Å². The Morgan fingerprint density at radius 1 is 0.963 bits per heavy atom. The van der Waals surface area contributed by atoms with Crippen molar-refractivity contribution in [3.05, 3.63) is 28.2 Å². The summed E-state index contributed by atoms with van der Waals surface area (Å²) in [6, 6.07) is 4.90. The van der Waals surface area contributed by atoms with Crippen LogP contribution in [-0.2, 0) is 24.3 Å². The molecular weight excluding hydrogens is 438 g/mol. The minimum atomic E-state index is -3.63. The van der Waals surface area contributed by atoms with Crippen LogP contribution < -0.4 is 0 Å². The van der Waals surface area contributed by atoms with Gasteiger partial charge in [0.2, 0.25) is 10.0 Å². The minimum absolute atomic E-state index is 0.166. The summed E-state index contributed by atoms with van der Waals surface area (Å²) in [5.41, 5.74) is 0.834. The molecule has 0 aromatic heterocycles. The second-order valence-corrected chi connectivity index (χ2v) is 9.30. The topological polar surface area (TPSA) is 87.2 Å². The summed E-state index contributed by atoms with van der Waals surface area (Å²) in [4.78, 5) is 27.9. The molecule has 148 valence electrons. The number of rotatable bonds is 2. The lowest BCUT2D eigenvalue weighted by molar-refractivity contribution is -0.154. The molecule has 0 N–H and O–H groups in total. The van der Waals surface area contributed by atoms with Crippen LogP contribution in [0.15, 0.2) is 27.6 Å². The van der Waals surface area contributed by atoms with E-state index in [-0.39, 0.29) is 31.1 Å². The highest BCUT2D eigenvalue weighted by atomic mass is 79.9. The van der Waals surface area contributed by atoms with Gasteiger partial charge in [0.25, 0.3) is 0 Å². The molecule has 2 saturated heterocycles. The number of hydrogen-bond donors (Lipinski definition) is 0. The van der Waals surface area contributed by atoms with Gasteiger partial charge in [0.1, 0.15) is 0 Å². The lowest BCUT2D eigenvalue weighted by atomic mass is 10.2. The third-order valence-electron chi connectivity index (χ3n) is 4.77. The van der Waals surface area contributed by atoms with Gasteiger partial charge < -0.3 is 14.5 Å². The summed E-state index contributed by atoms with van der Waals surface area (Å²) in [7, 11) is -3.63. The third-order valence-corrected chi connectivity index (χ3v) is 7.56. The third kappa shape index (κ3) is 4.34. The Morgan fingerprint density at radius 3 is 2.07 bits per heavy atom. The predicted molar refractivity (Wildman–Crippen MR) is 102 cm³/mol. The van der Waals surface area contributed by atoms with E-state index in [1.807, 2.05) is 6.92 Å². The van der Waals surface area contributed by atoms with Gasteiger partial charge in [-0.05, 0) is 30.7 Å². The Bertz CT molecular complexity index is 831.